The average molecular weight is 999 g/mol. The number of nitrogens with zero attached hydrogens (tertiary/aromatic N) is 1. The molecule has 0 amide bonds. The molecule has 18 heteroatoms. The summed E-state index contributed by atoms with van der Waals surface area (Å²) in [6.45, 7) is 0.418. The standard InChI is InChI=1S/C48H39NO11S6/c1-49-42-23-24-43(49)41(22-8-32-27-46(35-11-17-38(18-12-35)65(54,55)56)63-47(28-32)36-13-19-39(20-14-36)66(57,58)59)48(61-30-60-29-50)40(42)21-7-31-25-44(33-5-3-2-4-6-33)62-45(26-31)34-9-15-37(16-10-34)64(51,52)53/h2-22,25-29,42-43H,23-24,30H2,1H3,(H2-,51,52,53,54,55,56,57,58,59)/p+1. The number of fused-ring (bicyclic) bond motifs is 2. The van der Waals surface area contributed by atoms with Gasteiger partial charge >= 0.3 is 0 Å². The number of carbonyl (C=O) groups is 1. The zero-order valence-electron chi connectivity index (χ0n) is 34.8. The van der Waals surface area contributed by atoms with Crippen LogP contribution in [0.4, 0.5) is 0 Å². The smallest absolute Gasteiger partial charge is 0.294 e. The molecule has 1 saturated heterocycles. The maximum absolute atomic E-state index is 11.8. The number of rotatable bonds is 14. The van der Waals surface area contributed by atoms with Crippen LogP contribution >= 0.6 is 34.9 Å². The van der Waals surface area contributed by atoms with Crippen LogP contribution in [0, 0.1) is 0 Å². The van der Waals surface area contributed by atoms with Gasteiger partial charge in [-0.25, -0.2) is 0 Å². The van der Waals surface area contributed by atoms with Crippen LogP contribution in [0.5, 0.6) is 0 Å². The highest BCUT2D eigenvalue weighted by atomic mass is 32.2. The summed E-state index contributed by atoms with van der Waals surface area (Å²) in [4.78, 5) is 17.4. The molecule has 3 aliphatic rings. The molecular formula is C48H40NO11S6+. The molecule has 5 aromatic rings. The van der Waals surface area contributed by atoms with Crippen LogP contribution in [0.3, 0.4) is 0 Å². The van der Waals surface area contributed by atoms with Gasteiger partial charge in [0.05, 0.1) is 14.7 Å². The molecule has 3 N–H and O–H groups in total. The fraction of sp³-hybridized carbons (Fsp3) is 0.125. The number of likely N-dealkylation sites (N-methyl/N-ethyl adjacent to an activating group) is 1. The monoisotopic (exact) mass is 998 g/mol. The van der Waals surface area contributed by atoms with Gasteiger partial charge in [-0.3, -0.25) is 23.4 Å². The normalized spacial score (nSPS) is 18.7. The van der Waals surface area contributed by atoms with Crippen LogP contribution in [0.1, 0.15) is 29.5 Å². The van der Waals surface area contributed by atoms with Crippen molar-refractivity contribution in [2.45, 2.75) is 39.6 Å². The topological polar surface area (TPSA) is 193 Å². The van der Waals surface area contributed by atoms with E-state index in [4.69, 9.17) is 4.74 Å². The molecule has 0 saturated carbocycles. The molecule has 0 spiro atoms. The van der Waals surface area contributed by atoms with Crippen molar-refractivity contribution in [3.8, 4) is 20.9 Å². The molecule has 4 heterocycles. The third kappa shape index (κ3) is 10.8. The summed E-state index contributed by atoms with van der Waals surface area (Å²) in [7, 11) is -11.1. The lowest BCUT2D eigenvalue weighted by Crippen LogP contribution is -2.39. The van der Waals surface area contributed by atoms with E-state index in [2.05, 4.69) is 36.2 Å². The fourth-order valence-electron chi connectivity index (χ4n) is 7.97. The van der Waals surface area contributed by atoms with Crippen molar-refractivity contribution in [3.63, 3.8) is 0 Å². The summed E-state index contributed by atoms with van der Waals surface area (Å²) in [5, 5.41) is 0. The van der Waals surface area contributed by atoms with Gasteiger partial charge in [-0.15, -0.1) is 0 Å². The molecule has 66 heavy (non-hydrogen) atoms. The van der Waals surface area contributed by atoms with Crippen molar-refractivity contribution in [1.29, 1.82) is 0 Å². The summed E-state index contributed by atoms with van der Waals surface area (Å²) < 4.78 is 105. The molecule has 1 fully saturated rings. The minimum Gasteiger partial charge on any atom is -0.456 e. The van der Waals surface area contributed by atoms with Gasteiger partial charge in [0.2, 0.25) is 21.1 Å². The second kappa shape index (κ2) is 19.5. The highest BCUT2D eigenvalue weighted by Gasteiger charge is 2.41. The molecule has 1 aromatic heterocycles. The van der Waals surface area contributed by atoms with Crippen LogP contribution in [0.15, 0.2) is 182 Å². The van der Waals surface area contributed by atoms with E-state index >= 15 is 0 Å². The maximum atomic E-state index is 11.8. The Morgan fingerprint density at radius 2 is 1.15 bits per heavy atom. The van der Waals surface area contributed by atoms with Crippen LogP contribution in [0.25, 0.3) is 36.8 Å². The molecule has 338 valence electrons. The minimum atomic E-state index is -4.43. The summed E-state index contributed by atoms with van der Waals surface area (Å²) >= 11 is 4.36. The molecule has 8 rings (SSSR count). The van der Waals surface area contributed by atoms with Gasteiger partial charge in [0.15, 0.2) is 0 Å². The average Bonchev–Trinajstić information content (AvgIpc) is 3.59. The lowest BCUT2D eigenvalue weighted by Gasteiger charge is -2.36. The first kappa shape index (κ1) is 47.3. The molecule has 2 atom stereocenters. The van der Waals surface area contributed by atoms with Crippen molar-refractivity contribution in [2.75, 3.05) is 13.0 Å². The van der Waals surface area contributed by atoms with Crippen LogP contribution in [-0.4, -0.2) is 75.4 Å². The largest absolute Gasteiger partial charge is 0.456 e. The van der Waals surface area contributed by atoms with Crippen molar-refractivity contribution in [2.24, 2.45) is 0 Å². The zero-order valence-corrected chi connectivity index (χ0v) is 39.7. The molecule has 3 aliphatic heterocycles. The van der Waals surface area contributed by atoms with Crippen molar-refractivity contribution < 1.29 is 48.4 Å². The first-order chi connectivity index (χ1) is 31.5. The molecule has 4 aromatic carbocycles. The van der Waals surface area contributed by atoms with E-state index in [0.29, 0.717) is 17.6 Å². The van der Waals surface area contributed by atoms with Crippen molar-refractivity contribution in [1.82, 2.24) is 4.90 Å². The van der Waals surface area contributed by atoms with E-state index in [0.717, 1.165) is 70.7 Å². The summed E-state index contributed by atoms with van der Waals surface area (Å²) in [5.41, 5.74) is 6.83. The summed E-state index contributed by atoms with van der Waals surface area (Å²) in [6.07, 6.45) is 13.8. The zero-order chi connectivity index (χ0) is 46.8. The third-order valence-corrected chi connectivity index (χ3v) is 17.1. The molecule has 2 unspecified atom stereocenters. The predicted molar refractivity (Wildman–Crippen MR) is 262 cm³/mol. The summed E-state index contributed by atoms with van der Waals surface area (Å²) in [6, 6.07) is 31.9. The predicted octanol–water partition coefficient (Wildman–Crippen LogP) is 10.4. The van der Waals surface area contributed by atoms with Crippen LogP contribution in [-0.2, 0) is 39.9 Å². The Hall–Kier alpha value is -5.25. The van der Waals surface area contributed by atoms with Gasteiger partial charge in [-0.05, 0) is 126 Å². The van der Waals surface area contributed by atoms with Crippen LogP contribution in [0.2, 0.25) is 0 Å². The van der Waals surface area contributed by atoms with Gasteiger partial charge in [0.25, 0.3) is 36.8 Å². The van der Waals surface area contributed by atoms with Gasteiger partial charge in [-0.1, -0.05) is 90.3 Å². The maximum Gasteiger partial charge on any atom is 0.294 e. The number of carbonyl (C=O) groups excluding carboxylic acids is 1. The second-order valence-electron chi connectivity index (χ2n) is 15.3. The Morgan fingerprint density at radius 3 is 1.65 bits per heavy atom. The first-order valence-corrected chi connectivity index (χ1v) is 27.0. The van der Waals surface area contributed by atoms with Gasteiger partial charge in [0.1, 0.15) is 5.94 Å². The Balaban J connectivity index is 1.23. The second-order valence-corrected chi connectivity index (χ2v) is 22.7. The number of hydrogen-bond donors (Lipinski definition) is 3. The SMILES string of the molecule is CN1C2CCC1/C(=C\C=C1C=C(c3ccc(S(=O)(=O)O)cc3)SC(c3ccc(S(=O)(=O)O)cc3)=C1)C(SCOC=O)=C2/C=C/c1cc(-c2ccccc2)[s+]c(-c2ccc(S(=O)(=O)O)cc2)c1. The van der Waals surface area contributed by atoms with E-state index in [1.807, 2.05) is 54.6 Å². The van der Waals surface area contributed by atoms with E-state index in [1.165, 1.54) is 59.9 Å². The highest BCUT2D eigenvalue weighted by molar-refractivity contribution is 8.16. The van der Waals surface area contributed by atoms with E-state index in [1.54, 1.807) is 47.7 Å². The Labute approximate surface area is 395 Å². The Kier molecular flexibility index (Phi) is 14.0. The van der Waals surface area contributed by atoms with Gasteiger partial charge < -0.3 is 4.74 Å². The van der Waals surface area contributed by atoms with Gasteiger partial charge in [-0.2, -0.15) is 25.3 Å². The third-order valence-electron chi connectivity index (χ3n) is 11.2. The van der Waals surface area contributed by atoms with Crippen molar-refractivity contribution in [3.05, 3.63) is 184 Å². The van der Waals surface area contributed by atoms with E-state index in [9.17, 15) is 43.7 Å². The lowest BCUT2D eigenvalue weighted by atomic mass is 9.95. The summed E-state index contributed by atoms with van der Waals surface area (Å²) in [5.74, 6) is 0.0754. The van der Waals surface area contributed by atoms with Crippen LogP contribution < -0.4 is 0 Å². The van der Waals surface area contributed by atoms with Gasteiger partial charge in [0, 0.05) is 50.1 Å². The van der Waals surface area contributed by atoms with E-state index < -0.39 is 30.4 Å². The number of benzene rings is 4. The fourth-order valence-corrected chi connectivity index (χ4v) is 12.7. The molecule has 12 nitrogen and oxygen atoms in total. The Bertz CT molecular complexity index is 3140. The number of thioether (sulfide) groups is 2. The molecular weight excluding hydrogens is 959 g/mol. The number of allylic oxidation sites excluding steroid dienone is 5. The lowest BCUT2D eigenvalue weighted by molar-refractivity contribution is -0.126. The highest BCUT2D eigenvalue weighted by Crippen LogP contribution is 2.48. The molecule has 0 aliphatic carbocycles. The number of hydrogen-bond acceptors (Lipinski definition) is 11. The van der Waals surface area contributed by atoms with Crippen molar-refractivity contribution >= 4 is 87.6 Å². The Morgan fingerprint density at radius 1 is 0.667 bits per heavy atom. The van der Waals surface area contributed by atoms with E-state index in [-0.39, 0.29) is 32.7 Å². The minimum absolute atomic E-state index is 0.0362. The molecule has 0 radical (unpaired) electrons. The number of ether oxygens (including phenoxy) is 1. The quantitative estimate of drug-likeness (QED) is 0.0313. The molecule has 2 bridgehead atoms. The first-order valence-electron chi connectivity index (χ1n) is 20.1.